The standard InChI is InChI=1S/C24H21ClFNO2/c1-16-5-6-18-14-21(26)9-12-23(18)27(16)24(28)19-4-2-3-17(13-19)15-29-22-10-7-20(25)8-11-22/h2-4,7-14,16H,5-6,15H2,1H3/t16-/m1/s1. The molecule has 5 heteroatoms. The third kappa shape index (κ3) is 4.28. The molecule has 0 unspecified atom stereocenters. The first-order chi connectivity index (χ1) is 14.0. The summed E-state index contributed by atoms with van der Waals surface area (Å²) in [4.78, 5) is 15.1. The van der Waals surface area contributed by atoms with E-state index in [1.807, 2.05) is 37.3 Å². The van der Waals surface area contributed by atoms with Crippen LogP contribution >= 0.6 is 11.6 Å². The Bertz CT molecular complexity index is 1040. The molecule has 148 valence electrons. The van der Waals surface area contributed by atoms with Crippen LogP contribution in [-0.2, 0) is 13.0 Å². The van der Waals surface area contributed by atoms with E-state index in [1.54, 1.807) is 29.2 Å². The van der Waals surface area contributed by atoms with Gasteiger partial charge in [0.1, 0.15) is 18.2 Å². The van der Waals surface area contributed by atoms with Gasteiger partial charge in [-0.1, -0.05) is 23.7 Å². The van der Waals surface area contributed by atoms with Gasteiger partial charge in [-0.25, -0.2) is 4.39 Å². The Balaban J connectivity index is 1.55. The van der Waals surface area contributed by atoms with Crippen LogP contribution in [0.15, 0.2) is 66.7 Å². The first kappa shape index (κ1) is 19.5. The predicted octanol–water partition coefficient (Wildman–Crippen LogP) is 6.04. The molecule has 3 aromatic rings. The van der Waals surface area contributed by atoms with E-state index in [2.05, 4.69) is 0 Å². The average molecular weight is 410 g/mol. The first-order valence-electron chi connectivity index (χ1n) is 9.60. The minimum Gasteiger partial charge on any atom is -0.489 e. The number of carbonyl (C=O) groups excluding carboxylic acids is 1. The maximum Gasteiger partial charge on any atom is 0.258 e. The predicted molar refractivity (Wildman–Crippen MR) is 113 cm³/mol. The Morgan fingerprint density at radius 3 is 2.72 bits per heavy atom. The quantitative estimate of drug-likeness (QED) is 0.525. The second-order valence-corrected chi connectivity index (χ2v) is 7.72. The van der Waals surface area contributed by atoms with Crippen LogP contribution in [-0.4, -0.2) is 11.9 Å². The maximum absolute atomic E-state index is 13.6. The zero-order valence-corrected chi connectivity index (χ0v) is 16.8. The average Bonchev–Trinajstić information content (AvgIpc) is 2.73. The Kier molecular flexibility index (Phi) is 5.54. The van der Waals surface area contributed by atoms with Gasteiger partial charge in [-0.15, -0.1) is 0 Å². The molecular weight excluding hydrogens is 389 g/mol. The molecule has 3 aromatic carbocycles. The van der Waals surface area contributed by atoms with Crippen molar-refractivity contribution in [2.75, 3.05) is 4.90 Å². The normalized spacial score (nSPS) is 15.7. The minimum absolute atomic E-state index is 0.0504. The zero-order chi connectivity index (χ0) is 20.4. The van der Waals surface area contributed by atoms with Gasteiger partial charge >= 0.3 is 0 Å². The molecule has 1 heterocycles. The zero-order valence-electron chi connectivity index (χ0n) is 16.1. The maximum atomic E-state index is 13.6. The number of halogens is 2. The topological polar surface area (TPSA) is 29.5 Å². The Morgan fingerprint density at radius 2 is 1.93 bits per heavy atom. The number of amides is 1. The van der Waals surface area contributed by atoms with Crippen molar-refractivity contribution in [3.8, 4) is 5.75 Å². The van der Waals surface area contributed by atoms with E-state index in [0.717, 1.165) is 29.7 Å². The van der Waals surface area contributed by atoms with Gasteiger partial charge < -0.3 is 9.64 Å². The highest BCUT2D eigenvalue weighted by Gasteiger charge is 2.29. The Hall–Kier alpha value is -2.85. The number of ether oxygens (including phenoxy) is 1. The van der Waals surface area contributed by atoms with Crippen molar-refractivity contribution in [2.24, 2.45) is 0 Å². The van der Waals surface area contributed by atoms with E-state index < -0.39 is 0 Å². The van der Waals surface area contributed by atoms with Crippen LogP contribution in [0.5, 0.6) is 5.75 Å². The summed E-state index contributed by atoms with van der Waals surface area (Å²) >= 11 is 5.90. The smallest absolute Gasteiger partial charge is 0.258 e. The van der Waals surface area contributed by atoms with Gasteiger partial charge in [-0.2, -0.15) is 0 Å². The van der Waals surface area contributed by atoms with E-state index in [-0.39, 0.29) is 17.8 Å². The van der Waals surface area contributed by atoms with Gasteiger partial charge in [-0.05, 0) is 85.5 Å². The van der Waals surface area contributed by atoms with E-state index in [0.29, 0.717) is 22.9 Å². The van der Waals surface area contributed by atoms with E-state index in [4.69, 9.17) is 16.3 Å². The van der Waals surface area contributed by atoms with Crippen LogP contribution in [0, 0.1) is 5.82 Å². The van der Waals surface area contributed by atoms with E-state index >= 15 is 0 Å². The summed E-state index contributed by atoms with van der Waals surface area (Å²) in [6.07, 6.45) is 1.58. The monoisotopic (exact) mass is 409 g/mol. The molecule has 29 heavy (non-hydrogen) atoms. The number of hydrogen-bond acceptors (Lipinski definition) is 2. The third-order valence-electron chi connectivity index (χ3n) is 5.19. The van der Waals surface area contributed by atoms with Crippen molar-refractivity contribution < 1.29 is 13.9 Å². The van der Waals surface area contributed by atoms with Crippen LogP contribution in [0.25, 0.3) is 0 Å². The second kappa shape index (κ2) is 8.26. The van der Waals surface area contributed by atoms with Gasteiger partial charge in [0, 0.05) is 22.3 Å². The molecule has 0 N–H and O–H groups in total. The lowest BCUT2D eigenvalue weighted by atomic mass is 9.95. The van der Waals surface area contributed by atoms with Crippen molar-refractivity contribution >= 4 is 23.2 Å². The number of carbonyl (C=O) groups is 1. The van der Waals surface area contributed by atoms with Crippen LogP contribution < -0.4 is 9.64 Å². The lowest BCUT2D eigenvalue weighted by Crippen LogP contribution is -2.42. The number of hydrogen-bond donors (Lipinski definition) is 0. The number of fused-ring (bicyclic) bond motifs is 1. The molecule has 0 bridgehead atoms. The molecule has 0 aliphatic carbocycles. The SMILES string of the molecule is C[C@@H]1CCc2cc(F)ccc2N1C(=O)c1cccc(COc2ccc(Cl)cc2)c1. The molecule has 1 aliphatic heterocycles. The lowest BCUT2D eigenvalue weighted by molar-refractivity contribution is 0.0975. The number of anilines is 1. The summed E-state index contributed by atoms with van der Waals surface area (Å²) in [5, 5.41) is 0.653. The van der Waals surface area contributed by atoms with Crippen molar-refractivity contribution in [3.05, 3.63) is 94.3 Å². The highest BCUT2D eigenvalue weighted by Crippen LogP contribution is 2.32. The van der Waals surface area contributed by atoms with Gasteiger partial charge in [0.2, 0.25) is 0 Å². The van der Waals surface area contributed by atoms with Crippen molar-refractivity contribution in [1.29, 1.82) is 0 Å². The molecule has 0 radical (unpaired) electrons. The molecule has 0 spiro atoms. The molecular formula is C24H21ClFNO2. The summed E-state index contributed by atoms with van der Waals surface area (Å²) < 4.78 is 19.4. The van der Waals surface area contributed by atoms with Gasteiger partial charge in [0.05, 0.1) is 0 Å². The third-order valence-corrected chi connectivity index (χ3v) is 5.44. The fourth-order valence-corrected chi connectivity index (χ4v) is 3.79. The molecule has 1 aliphatic rings. The van der Waals surface area contributed by atoms with Crippen LogP contribution in [0.1, 0.15) is 34.8 Å². The van der Waals surface area contributed by atoms with Crippen molar-refractivity contribution in [2.45, 2.75) is 32.4 Å². The van der Waals surface area contributed by atoms with Gasteiger partial charge in [-0.3, -0.25) is 4.79 Å². The van der Waals surface area contributed by atoms with Crippen LogP contribution in [0.3, 0.4) is 0 Å². The van der Waals surface area contributed by atoms with Crippen molar-refractivity contribution in [3.63, 3.8) is 0 Å². The minimum atomic E-state index is -0.271. The molecule has 4 rings (SSSR count). The van der Waals surface area contributed by atoms with Gasteiger partial charge in [0.15, 0.2) is 0 Å². The molecule has 1 atom stereocenters. The Morgan fingerprint density at radius 1 is 1.14 bits per heavy atom. The molecule has 0 saturated heterocycles. The number of nitrogens with zero attached hydrogens (tertiary/aromatic N) is 1. The van der Waals surface area contributed by atoms with E-state index in [9.17, 15) is 9.18 Å². The summed E-state index contributed by atoms with van der Waals surface area (Å²) in [7, 11) is 0. The summed E-state index contributed by atoms with van der Waals surface area (Å²) in [5.74, 6) is 0.359. The number of aryl methyl sites for hydroxylation is 1. The van der Waals surface area contributed by atoms with E-state index in [1.165, 1.54) is 12.1 Å². The fourth-order valence-electron chi connectivity index (χ4n) is 3.66. The van der Waals surface area contributed by atoms with Gasteiger partial charge in [0.25, 0.3) is 5.91 Å². The summed E-state index contributed by atoms with van der Waals surface area (Å²) in [5.41, 5.74) is 3.15. The van der Waals surface area contributed by atoms with Crippen molar-refractivity contribution in [1.82, 2.24) is 0 Å². The summed E-state index contributed by atoms with van der Waals surface area (Å²) in [6.45, 7) is 2.37. The lowest BCUT2D eigenvalue weighted by Gasteiger charge is -2.35. The molecule has 1 amide bonds. The molecule has 0 saturated carbocycles. The van der Waals surface area contributed by atoms with Crippen LogP contribution in [0.2, 0.25) is 5.02 Å². The highest BCUT2D eigenvalue weighted by atomic mass is 35.5. The molecule has 0 aromatic heterocycles. The largest absolute Gasteiger partial charge is 0.489 e. The molecule has 3 nitrogen and oxygen atoms in total. The van der Waals surface area contributed by atoms with Crippen LogP contribution in [0.4, 0.5) is 10.1 Å². The first-order valence-corrected chi connectivity index (χ1v) is 9.98. The highest BCUT2D eigenvalue weighted by molar-refractivity contribution is 6.30. The Labute approximate surface area is 174 Å². The summed E-state index contributed by atoms with van der Waals surface area (Å²) in [6, 6.07) is 19.3. The second-order valence-electron chi connectivity index (χ2n) is 7.28. The number of benzene rings is 3. The fraction of sp³-hybridized carbons (Fsp3) is 0.208. The number of rotatable bonds is 4. The molecule has 0 fully saturated rings.